The number of rotatable bonds is 11. The lowest BCUT2D eigenvalue weighted by molar-refractivity contribution is -0.115. The summed E-state index contributed by atoms with van der Waals surface area (Å²) >= 11 is 5.54. The molecule has 0 aliphatic carbocycles. The van der Waals surface area contributed by atoms with Crippen molar-refractivity contribution < 1.29 is 49.1 Å². The fourth-order valence-electron chi connectivity index (χ4n) is 4.50. The Labute approximate surface area is 268 Å². The lowest BCUT2D eigenvalue weighted by Gasteiger charge is -2.25. The average Bonchev–Trinajstić information content (AvgIpc) is 2.93. The number of phenolic OH excluding ortho intramolecular Hbond substituents is 1. The molecule has 4 rings (SSSR count). The number of benzene rings is 4. The summed E-state index contributed by atoms with van der Waals surface area (Å²) in [6.45, 7) is 0. The fraction of sp³-hybridized carbons (Fsp3) is 0.143. The first-order valence-corrected chi connectivity index (χ1v) is 18.4. The number of anilines is 4. The highest BCUT2D eigenvalue weighted by molar-refractivity contribution is 7.90. The maximum Gasteiger partial charge on any atom is 0.294 e. The van der Waals surface area contributed by atoms with Crippen LogP contribution >= 0.6 is 11.6 Å². The number of phenols is 1. The van der Waals surface area contributed by atoms with Gasteiger partial charge in [-0.15, -0.1) is 11.6 Å². The van der Waals surface area contributed by atoms with E-state index in [9.17, 15) is 49.1 Å². The molecular formula is C28H26ClN3O11S3. The Hall–Kier alpha value is -4.26. The van der Waals surface area contributed by atoms with Crippen molar-refractivity contribution in [3.05, 3.63) is 83.9 Å². The van der Waals surface area contributed by atoms with E-state index in [2.05, 4.69) is 5.32 Å². The summed E-state index contributed by atoms with van der Waals surface area (Å²) in [6.07, 6.45) is 0. The summed E-state index contributed by atoms with van der Waals surface area (Å²) in [5.74, 6) is -4.68. The number of hydrogen-bond donors (Lipinski definition) is 5. The summed E-state index contributed by atoms with van der Waals surface area (Å²) in [7, 11) is -13.2. The van der Waals surface area contributed by atoms with Gasteiger partial charge in [0, 0.05) is 28.3 Å². The number of fused-ring (bicyclic) bond motifs is 1. The number of hydrogen-bond acceptors (Lipinski definition) is 10. The van der Waals surface area contributed by atoms with Crippen LogP contribution in [0, 0.1) is 0 Å². The molecule has 0 saturated carbocycles. The normalized spacial score (nSPS) is 12.2. The van der Waals surface area contributed by atoms with Crippen LogP contribution in [0.15, 0.2) is 77.7 Å². The molecule has 0 aromatic heterocycles. The van der Waals surface area contributed by atoms with Gasteiger partial charge in [0.25, 0.3) is 26.1 Å². The van der Waals surface area contributed by atoms with E-state index in [-0.39, 0.29) is 56.5 Å². The number of carbonyl (C=O) groups excluding carboxylic acids is 2. The molecule has 4 aromatic rings. The SMILES string of the molecule is Nc1ccccc1N(C(=O)CS(=O)(=O)O)c1cc(NC(=O)c2ccc(CS(=O)(=O)CCCl)cc2)c2cc(S(=O)(=O)O)cc(O)c2c1. The van der Waals surface area contributed by atoms with Crippen LogP contribution < -0.4 is 16.0 Å². The van der Waals surface area contributed by atoms with Crippen molar-refractivity contribution >= 4 is 87.0 Å². The first-order valence-electron chi connectivity index (χ1n) is 13.0. The molecule has 0 spiro atoms. The van der Waals surface area contributed by atoms with Gasteiger partial charge in [-0.2, -0.15) is 16.8 Å². The highest BCUT2D eigenvalue weighted by Crippen LogP contribution is 2.40. The molecule has 14 nitrogen and oxygen atoms in total. The van der Waals surface area contributed by atoms with Gasteiger partial charge in [0.2, 0.25) is 5.91 Å². The molecule has 0 atom stereocenters. The third kappa shape index (κ3) is 8.31. The Bertz CT molecular complexity index is 2170. The molecule has 2 amide bonds. The fourth-order valence-corrected chi connectivity index (χ4v) is 7.26. The number of carbonyl (C=O) groups is 2. The summed E-state index contributed by atoms with van der Waals surface area (Å²) < 4.78 is 90.5. The molecule has 0 fully saturated rings. The number of nitrogen functional groups attached to an aromatic ring is 1. The summed E-state index contributed by atoms with van der Waals surface area (Å²) in [5.41, 5.74) is 6.09. The maximum atomic E-state index is 13.4. The van der Waals surface area contributed by atoms with Crippen molar-refractivity contribution in [2.24, 2.45) is 0 Å². The third-order valence-corrected chi connectivity index (χ3v) is 9.99. The summed E-state index contributed by atoms with van der Waals surface area (Å²) in [5, 5.41) is 13.1. The minimum absolute atomic E-state index is 0.0102. The van der Waals surface area contributed by atoms with E-state index in [1.807, 2.05) is 0 Å². The molecule has 0 heterocycles. The van der Waals surface area contributed by atoms with E-state index >= 15 is 0 Å². The van der Waals surface area contributed by atoms with Gasteiger partial charge >= 0.3 is 0 Å². The largest absolute Gasteiger partial charge is 0.507 e. The number of amides is 2. The Kier molecular flexibility index (Phi) is 9.95. The van der Waals surface area contributed by atoms with Gasteiger partial charge in [0.05, 0.1) is 39.2 Å². The first-order chi connectivity index (χ1) is 21.4. The number of nitrogens with two attached hydrogens (primary N) is 1. The smallest absolute Gasteiger partial charge is 0.294 e. The van der Waals surface area contributed by atoms with Gasteiger partial charge in [-0.25, -0.2) is 8.42 Å². The number of nitrogens with one attached hydrogen (secondary N) is 1. The molecule has 0 radical (unpaired) electrons. The quantitative estimate of drug-likeness (QED) is 0.0855. The van der Waals surface area contributed by atoms with Crippen LogP contribution in [0.25, 0.3) is 10.8 Å². The van der Waals surface area contributed by atoms with Crippen molar-refractivity contribution in [2.75, 3.05) is 33.3 Å². The molecular weight excluding hydrogens is 686 g/mol. The number of aromatic hydroxyl groups is 1. The van der Waals surface area contributed by atoms with Crippen LogP contribution in [0.3, 0.4) is 0 Å². The predicted molar refractivity (Wildman–Crippen MR) is 172 cm³/mol. The van der Waals surface area contributed by atoms with Crippen LogP contribution in [0.5, 0.6) is 5.75 Å². The number of nitrogens with zero attached hydrogens (tertiary/aromatic N) is 1. The topological polar surface area (TPSA) is 239 Å². The molecule has 6 N–H and O–H groups in total. The lowest BCUT2D eigenvalue weighted by Crippen LogP contribution is -2.32. The predicted octanol–water partition coefficient (Wildman–Crippen LogP) is 3.33. The number of halogens is 1. The van der Waals surface area contributed by atoms with E-state index in [4.69, 9.17) is 17.3 Å². The van der Waals surface area contributed by atoms with Gasteiger partial charge in [-0.05, 0) is 48.0 Å². The number of alkyl halides is 1. The zero-order chi connectivity index (χ0) is 34.0. The molecule has 0 unspecified atom stereocenters. The van der Waals surface area contributed by atoms with Gasteiger partial charge < -0.3 is 16.2 Å². The second kappa shape index (κ2) is 13.2. The lowest BCUT2D eigenvalue weighted by atomic mass is 10.0. The zero-order valence-corrected chi connectivity index (χ0v) is 26.7. The van der Waals surface area contributed by atoms with E-state index in [1.165, 1.54) is 54.6 Å². The van der Waals surface area contributed by atoms with Crippen molar-refractivity contribution in [1.29, 1.82) is 0 Å². The minimum atomic E-state index is -4.85. The van der Waals surface area contributed by atoms with Crippen molar-refractivity contribution in [3.8, 4) is 5.75 Å². The van der Waals surface area contributed by atoms with Crippen LogP contribution in [0.1, 0.15) is 15.9 Å². The molecule has 4 aromatic carbocycles. The molecule has 46 heavy (non-hydrogen) atoms. The standard InChI is InChI=1S/C28H26ClN3O11S3/c29-9-10-44(36,37)15-17-5-7-18(8-6-17)28(35)31-24-12-19(11-22-21(24)13-20(14-26(22)33)46(41,42)43)32(27(34)16-45(38,39)40)25-4-2-1-3-23(25)30/h1-8,11-14,33H,9-10,15-16,30H2,(H,31,35)(H,38,39,40)(H,41,42,43). The van der Waals surface area contributed by atoms with Crippen LogP contribution in [-0.4, -0.2) is 68.7 Å². The summed E-state index contributed by atoms with van der Waals surface area (Å²) in [4.78, 5) is 26.7. The molecule has 0 saturated heterocycles. The van der Waals surface area contributed by atoms with Crippen LogP contribution in [0.4, 0.5) is 22.7 Å². The minimum Gasteiger partial charge on any atom is -0.507 e. The van der Waals surface area contributed by atoms with Crippen molar-refractivity contribution in [1.82, 2.24) is 0 Å². The van der Waals surface area contributed by atoms with Crippen LogP contribution in [0.2, 0.25) is 0 Å². The molecule has 244 valence electrons. The Morgan fingerprint density at radius 3 is 2.11 bits per heavy atom. The molecule has 18 heteroatoms. The molecule has 0 aliphatic rings. The van der Waals surface area contributed by atoms with Crippen molar-refractivity contribution in [2.45, 2.75) is 10.6 Å². The Morgan fingerprint density at radius 1 is 0.870 bits per heavy atom. The third-order valence-electron chi connectivity index (χ3n) is 6.53. The monoisotopic (exact) mass is 711 g/mol. The van der Waals surface area contributed by atoms with Crippen LogP contribution in [-0.2, 0) is 40.6 Å². The number of sulfone groups is 1. The van der Waals surface area contributed by atoms with Gasteiger partial charge in [-0.3, -0.25) is 23.6 Å². The van der Waals surface area contributed by atoms with E-state index in [0.29, 0.717) is 5.56 Å². The first kappa shape index (κ1) is 34.6. The molecule has 0 bridgehead atoms. The average molecular weight is 712 g/mol. The molecule has 0 aliphatic heterocycles. The Balaban J connectivity index is 1.88. The summed E-state index contributed by atoms with van der Waals surface area (Å²) in [6, 6.07) is 15.3. The second-order valence-corrected chi connectivity index (χ2v) is 15.4. The van der Waals surface area contributed by atoms with E-state index in [1.54, 1.807) is 0 Å². The Morgan fingerprint density at radius 2 is 1.52 bits per heavy atom. The second-order valence-electron chi connectivity index (χ2n) is 9.95. The van der Waals surface area contributed by atoms with Gasteiger partial charge in [0.1, 0.15) is 5.75 Å². The highest BCUT2D eigenvalue weighted by atomic mass is 35.5. The van der Waals surface area contributed by atoms with Crippen molar-refractivity contribution in [3.63, 3.8) is 0 Å². The number of para-hydroxylation sites is 2. The van der Waals surface area contributed by atoms with Gasteiger partial charge in [0.15, 0.2) is 15.6 Å². The highest BCUT2D eigenvalue weighted by Gasteiger charge is 2.27. The maximum absolute atomic E-state index is 13.4. The van der Waals surface area contributed by atoms with E-state index in [0.717, 1.165) is 23.1 Å². The zero-order valence-electron chi connectivity index (χ0n) is 23.5. The van der Waals surface area contributed by atoms with E-state index < -0.39 is 58.3 Å². The van der Waals surface area contributed by atoms with Gasteiger partial charge in [-0.1, -0.05) is 24.3 Å².